The van der Waals surface area contributed by atoms with Gasteiger partial charge in [-0.15, -0.1) is 0 Å². The van der Waals surface area contributed by atoms with E-state index in [0.717, 1.165) is 0 Å². The largest absolute Gasteiger partial charge is 0.460 e. The molecule has 0 unspecified atom stereocenters. The minimum absolute atomic E-state index is 0.0238. The van der Waals surface area contributed by atoms with Gasteiger partial charge in [0, 0.05) is 33.2 Å². The van der Waals surface area contributed by atoms with Crippen molar-refractivity contribution in [1.82, 2.24) is 4.90 Å². The third-order valence-electron chi connectivity index (χ3n) is 6.01. The smallest absolute Gasteiger partial charge is 0.382 e. The Morgan fingerprint density at radius 1 is 0.521 bits per heavy atom. The zero-order valence-electron chi connectivity index (χ0n) is 24.6. The summed E-state index contributed by atoms with van der Waals surface area (Å²) in [6.07, 6.45) is -10.6. The zero-order chi connectivity index (χ0) is 37.9. The number of ether oxygens (including phenoxy) is 5. The first-order valence-electron chi connectivity index (χ1n) is 13.1. The summed E-state index contributed by atoms with van der Waals surface area (Å²) in [7, 11) is 1.48. The van der Waals surface area contributed by atoms with Crippen molar-refractivity contribution in [2.75, 3.05) is 86.2 Å². The maximum atomic E-state index is 14.2. The Bertz CT molecular complexity index is 970. The molecule has 0 radical (unpaired) electrons. The van der Waals surface area contributed by atoms with Crippen LogP contribution in [0.25, 0.3) is 0 Å². The monoisotopic (exact) mass is 754 g/mol. The molecule has 0 aliphatic heterocycles. The SMILES string of the molecule is COCCOCCOCCOCCOCC(=O)N(CCN)CCC(F)(F)C(F)(F)C(F)(F)C(F)(F)C(F)(F)C(F)(F)C(F)(F)C(F)(F)F. The van der Waals surface area contributed by atoms with Gasteiger partial charge in [0.1, 0.15) is 6.61 Å². The number of carbonyl (C=O) groups is 1. The van der Waals surface area contributed by atoms with Crippen molar-refractivity contribution >= 4 is 5.91 Å². The highest BCUT2D eigenvalue weighted by molar-refractivity contribution is 5.77. The van der Waals surface area contributed by atoms with Gasteiger partial charge in [-0.25, -0.2) is 0 Å². The number of carbonyl (C=O) groups excluding carboxylic acids is 1. The fraction of sp³-hybridized carbons (Fsp3) is 0.957. The van der Waals surface area contributed by atoms with Gasteiger partial charge < -0.3 is 34.3 Å². The van der Waals surface area contributed by atoms with Gasteiger partial charge in [-0.3, -0.25) is 4.79 Å². The van der Waals surface area contributed by atoms with Crippen molar-refractivity contribution in [3.8, 4) is 0 Å². The van der Waals surface area contributed by atoms with E-state index in [-0.39, 0.29) is 44.5 Å². The molecular weight excluding hydrogens is 723 g/mol. The Balaban J connectivity index is 5.38. The molecular formula is C23H31F17N2O6. The lowest BCUT2D eigenvalue weighted by Crippen LogP contribution is -2.74. The molecule has 2 N–H and O–H groups in total. The van der Waals surface area contributed by atoms with Crippen molar-refractivity contribution in [2.45, 2.75) is 54.1 Å². The molecule has 0 heterocycles. The summed E-state index contributed by atoms with van der Waals surface area (Å²) < 4.78 is 253. The summed E-state index contributed by atoms with van der Waals surface area (Å²) in [5.41, 5.74) is 5.12. The second-order valence-electron chi connectivity index (χ2n) is 9.45. The summed E-state index contributed by atoms with van der Waals surface area (Å²) in [5.74, 6) is -58.4. The summed E-state index contributed by atoms with van der Waals surface area (Å²) in [6, 6.07) is 0. The second-order valence-corrected chi connectivity index (χ2v) is 9.45. The normalized spacial score (nSPS) is 14.5. The predicted molar refractivity (Wildman–Crippen MR) is 126 cm³/mol. The van der Waals surface area contributed by atoms with E-state index in [2.05, 4.69) is 0 Å². The van der Waals surface area contributed by atoms with Crippen LogP contribution in [0.5, 0.6) is 0 Å². The zero-order valence-corrected chi connectivity index (χ0v) is 24.6. The molecule has 0 aromatic heterocycles. The van der Waals surface area contributed by atoms with Gasteiger partial charge in [-0.2, -0.15) is 74.6 Å². The van der Waals surface area contributed by atoms with Gasteiger partial charge in [0.25, 0.3) is 0 Å². The predicted octanol–water partition coefficient (Wildman–Crippen LogP) is 4.89. The van der Waals surface area contributed by atoms with Crippen molar-refractivity contribution in [3.63, 3.8) is 0 Å². The summed E-state index contributed by atoms with van der Waals surface area (Å²) in [5, 5.41) is 0. The molecule has 288 valence electrons. The van der Waals surface area contributed by atoms with Gasteiger partial charge in [0.15, 0.2) is 0 Å². The highest BCUT2D eigenvalue weighted by atomic mass is 19.4. The van der Waals surface area contributed by atoms with Crippen molar-refractivity contribution in [1.29, 1.82) is 0 Å². The van der Waals surface area contributed by atoms with Crippen LogP contribution in [0, 0.1) is 0 Å². The van der Waals surface area contributed by atoms with Gasteiger partial charge in [-0.1, -0.05) is 0 Å². The number of rotatable bonds is 25. The van der Waals surface area contributed by atoms with Crippen LogP contribution in [0.2, 0.25) is 0 Å². The van der Waals surface area contributed by atoms with Crippen LogP contribution in [0.1, 0.15) is 6.42 Å². The maximum absolute atomic E-state index is 14.2. The third kappa shape index (κ3) is 10.3. The highest BCUT2D eigenvalue weighted by Crippen LogP contribution is 2.64. The van der Waals surface area contributed by atoms with Crippen molar-refractivity contribution < 1.29 is 103 Å². The maximum Gasteiger partial charge on any atom is 0.460 e. The first kappa shape index (κ1) is 46.0. The van der Waals surface area contributed by atoms with Crippen LogP contribution in [-0.4, -0.2) is 145 Å². The Hall–Kier alpha value is -1.96. The molecule has 48 heavy (non-hydrogen) atoms. The van der Waals surface area contributed by atoms with E-state index in [4.69, 9.17) is 29.4 Å². The second kappa shape index (κ2) is 17.8. The first-order valence-corrected chi connectivity index (χ1v) is 13.1. The third-order valence-corrected chi connectivity index (χ3v) is 6.01. The van der Waals surface area contributed by atoms with E-state index in [1.807, 2.05) is 0 Å². The molecule has 8 nitrogen and oxygen atoms in total. The fourth-order valence-electron chi connectivity index (χ4n) is 3.20. The van der Waals surface area contributed by atoms with E-state index >= 15 is 0 Å². The van der Waals surface area contributed by atoms with E-state index < -0.39 is 86.2 Å². The Labute approximate surface area is 260 Å². The molecule has 25 heteroatoms. The number of hydrogen-bond donors (Lipinski definition) is 1. The topological polar surface area (TPSA) is 92.5 Å². The van der Waals surface area contributed by atoms with E-state index in [1.54, 1.807) is 0 Å². The molecule has 0 rings (SSSR count). The average molecular weight is 754 g/mol. The highest BCUT2D eigenvalue weighted by Gasteiger charge is 2.95. The van der Waals surface area contributed by atoms with Crippen LogP contribution in [0.15, 0.2) is 0 Å². The van der Waals surface area contributed by atoms with Gasteiger partial charge >= 0.3 is 47.6 Å². The van der Waals surface area contributed by atoms with Crippen LogP contribution >= 0.6 is 0 Å². The molecule has 1 amide bonds. The average Bonchev–Trinajstić information content (AvgIpc) is 2.96. The number of nitrogens with two attached hydrogens (primary N) is 1. The number of amides is 1. The molecule has 0 aromatic rings. The lowest BCUT2D eigenvalue weighted by molar-refractivity contribution is -0.461. The Kier molecular flexibility index (Phi) is 17.1. The molecule has 0 aliphatic rings. The molecule has 0 spiro atoms. The lowest BCUT2D eigenvalue weighted by atomic mass is 9.88. The number of methoxy groups -OCH3 is 1. The Morgan fingerprint density at radius 3 is 1.25 bits per heavy atom. The quantitative estimate of drug-likeness (QED) is 0.105. The fourth-order valence-corrected chi connectivity index (χ4v) is 3.20. The van der Waals surface area contributed by atoms with Crippen LogP contribution < -0.4 is 5.73 Å². The lowest BCUT2D eigenvalue weighted by Gasteiger charge is -2.43. The molecule has 0 fully saturated rings. The minimum atomic E-state index is -8.71. The molecule has 0 saturated heterocycles. The van der Waals surface area contributed by atoms with Crippen LogP contribution in [0.4, 0.5) is 74.6 Å². The number of nitrogens with zero attached hydrogens (tertiary/aromatic N) is 1. The summed E-state index contributed by atoms with van der Waals surface area (Å²) in [4.78, 5) is 12.3. The summed E-state index contributed by atoms with van der Waals surface area (Å²) >= 11 is 0. The van der Waals surface area contributed by atoms with Gasteiger partial charge in [-0.05, 0) is 0 Å². The molecule has 0 bridgehead atoms. The standard InChI is InChI=1S/C23H31F17N2O6/c1-44-6-7-45-8-9-46-10-11-47-12-13-48-14-15(43)42(5-3-41)4-2-16(24,25)17(26,27)18(28,29)19(30,31)20(32,33)21(34,35)22(36,37)23(38,39)40/h2-14,41H2,1H3. The number of alkyl halides is 17. The number of halogens is 17. The van der Waals surface area contributed by atoms with Gasteiger partial charge in [0.2, 0.25) is 5.91 Å². The van der Waals surface area contributed by atoms with E-state index in [0.29, 0.717) is 13.2 Å². The van der Waals surface area contributed by atoms with E-state index in [9.17, 15) is 79.4 Å². The number of hydrogen-bond acceptors (Lipinski definition) is 7. The van der Waals surface area contributed by atoms with Crippen LogP contribution in [0.3, 0.4) is 0 Å². The van der Waals surface area contributed by atoms with E-state index in [1.165, 1.54) is 7.11 Å². The Morgan fingerprint density at radius 2 is 0.875 bits per heavy atom. The summed E-state index contributed by atoms with van der Waals surface area (Å²) in [6.45, 7) is -3.47. The minimum Gasteiger partial charge on any atom is -0.382 e. The molecule has 0 aromatic carbocycles. The van der Waals surface area contributed by atoms with Crippen molar-refractivity contribution in [2.24, 2.45) is 5.73 Å². The molecule has 0 saturated carbocycles. The molecule has 0 aliphatic carbocycles. The van der Waals surface area contributed by atoms with Crippen molar-refractivity contribution in [3.05, 3.63) is 0 Å². The van der Waals surface area contributed by atoms with Gasteiger partial charge in [0.05, 0.1) is 52.9 Å². The first-order chi connectivity index (χ1) is 21.7. The molecule has 0 atom stereocenters. The van der Waals surface area contributed by atoms with Crippen LogP contribution in [-0.2, 0) is 28.5 Å².